The van der Waals surface area contributed by atoms with Crippen LogP contribution < -0.4 is 10.1 Å². The lowest BCUT2D eigenvalue weighted by Crippen LogP contribution is -2.34. The number of ether oxygens (including phenoxy) is 2. The molecule has 0 aliphatic carbocycles. The Morgan fingerprint density at radius 3 is 2.43 bits per heavy atom. The second-order valence-corrected chi connectivity index (χ2v) is 6.14. The van der Waals surface area contributed by atoms with Crippen molar-refractivity contribution >= 4 is 18.1 Å². The van der Waals surface area contributed by atoms with Gasteiger partial charge in [-0.05, 0) is 52.8 Å². The number of hydrogen-bond acceptors (Lipinski definition) is 5. The van der Waals surface area contributed by atoms with Crippen LogP contribution in [0.1, 0.15) is 33.6 Å². The Balaban J connectivity index is 0.000000270. The summed E-state index contributed by atoms with van der Waals surface area (Å²) in [5.74, 6) is 0.668. The van der Waals surface area contributed by atoms with Gasteiger partial charge in [-0.15, -0.1) is 0 Å². The van der Waals surface area contributed by atoms with Gasteiger partial charge in [0.1, 0.15) is 11.7 Å². The second kappa shape index (κ2) is 8.85. The molecule has 118 valence electrons. The predicted molar refractivity (Wildman–Crippen MR) is 82.7 cm³/mol. The summed E-state index contributed by atoms with van der Waals surface area (Å²) in [6.45, 7) is 7.97. The highest BCUT2D eigenvalue weighted by Gasteiger charge is 2.14. The molecule has 1 fully saturated rings. The van der Waals surface area contributed by atoms with Crippen LogP contribution >= 0.6 is 11.6 Å². The third kappa shape index (κ3) is 8.52. The highest BCUT2D eigenvalue weighted by atomic mass is 35.5. The molecular weight excluding hydrogens is 292 g/mol. The highest BCUT2D eigenvalue weighted by molar-refractivity contribution is 6.30. The van der Waals surface area contributed by atoms with Crippen LogP contribution in [0.2, 0.25) is 5.02 Å². The molecule has 1 aliphatic rings. The van der Waals surface area contributed by atoms with Gasteiger partial charge in [-0.3, -0.25) is 4.79 Å². The van der Waals surface area contributed by atoms with Crippen molar-refractivity contribution < 1.29 is 14.3 Å². The molecule has 1 saturated heterocycles. The first-order chi connectivity index (χ1) is 9.90. The zero-order chi connectivity index (χ0) is 15.7. The molecule has 1 aromatic rings. The molecule has 1 N–H and O–H groups in total. The number of piperidine rings is 1. The van der Waals surface area contributed by atoms with Gasteiger partial charge >= 0.3 is 0 Å². The van der Waals surface area contributed by atoms with E-state index in [1.807, 2.05) is 26.8 Å². The molecule has 1 aliphatic heterocycles. The minimum Gasteiger partial charge on any atom is -0.474 e. The minimum absolute atomic E-state index is 0.296. The van der Waals surface area contributed by atoms with Crippen molar-refractivity contribution in [2.45, 2.75) is 45.3 Å². The SMILES string of the molecule is CC(C)(C)OC=O.Clc1ccc(OC2CCNCC2)nc1. The summed E-state index contributed by atoms with van der Waals surface area (Å²) in [4.78, 5) is 13.7. The van der Waals surface area contributed by atoms with E-state index in [-0.39, 0.29) is 5.60 Å². The monoisotopic (exact) mass is 314 g/mol. The van der Waals surface area contributed by atoms with E-state index in [1.165, 1.54) is 0 Å². The van der Waals surface area contributed by atoms with E-state index in [2.05, 4.69) is 15.0 Å². The third-order valence-electron chi connectivity index (χ3n) is 2.68. The minimum atomic E-state index is -0.318. The highest BCUT2D eigenvalue weighted by Crippen LogP contribution is 2.15. The Kier molecular flexibility index (Phi) is 7.47. The Morgan fingerprint density at radius 1 is 1.33 bits per heavy atom. The lowest BCUT2D eigenvalue weighted by molar-refractivity contribution is -0.138. The topological polar surface area (TPSA) is 60.5 Å². The maximum Gasteiger partial charge on any atom is 0.293 e. The van der Waals surface area contributed by atoms with E-state index in [0.717, 1.165) is 25.9 Å². The van der Waals surface area contributed by atoms with Gasteiger partial charge in [-0.2, -0.15) is 0 Å². The van der Waals surface area contributed by atoms with Gasteiger partial charge in [-0.25, -0.2) is 4.98 Å². The third-order valence-corrected chi connectivity index (χ3v) is 2.90. The Morgan fingerprint density at radius 2 is 2.00 bits per heavy atom. The molecule has 0 bridgehead atoms. The number of nitrogens with one attached hydrogen (secondary N) is 1. The van der Waals surface area contributed by atoms with Gasteiger partial charge in [0.15, 0.2) is 0 Å². The van der Waals surface area contributed by atoms with Crippen LogP contribution in [0, 0.1) is 0 Å². The molecule has 0 atom stereocenters. The summed E-state index contributed by atoms with van der Waals surface area (Å²) in [6, 6.07) is 3.61. The molecule has 0 amide bonds. The molecule has 2 rings (SSSR count). The normalized spacial score (nSPS) is 15.6. The molecule has 6 heteroatoms. The Bertz CT molecular complexity index is 412. The predicted octanol–water partition coefficient (Wildman–Crippen LogP) is 2.82. The van der Waals surface area contributed by atoms with Gasteiger partial charge < -0.3 is 14.8 Å². The van der Waals surface area contributed by atoms with Crippen molar-refractivity contribution in [2.75, 3.05) is 13.1 Å². The van der Waals surface area contributed by atoms with Gasteiger partial charge in [0.05, 0.1) is 5.02 Å². The molecule has 0 aromatic carbocycles. The molecule has 1 aromatic heterocycles. The fraction of sp³-hybridized carbons (Fsp3) is 0.600. The van der Waals surface area contributed by atoms with E-state index in [9.17, 15) is 4.79 Å². The maximum absolute atomic E-state index is 9.60. The Labute approximate surface area is 131 Å². The van der Waals surface area contributed by atoms with E-state index in [1.54, 1.807) is 12.3 Å². The smallest absolute Gasteiger partial charge is 0.293 e. The molecule has 0 unspecified atom stereocenters. The van der Waals surface area contributed by atoms with Crippen molar-refractivity contribution in [1.82, 2.24) is 10.3 Å². The van der Waals surface area contributed by atoms with Crippen LogP contribution in [-0.2, 0) is 9.53 Å². The number of rotatable bonds is 3. The number of aromatic nitrogens is 1. The largest absolute Gasteiger partial charge is 0.474 e. The molecule has 0 radical (unpaired) electrons. The van der Waals surface area contributed by atoms with Crippen molar-refractivity contribution in [1.29, 1.82) is 0 Å². The number of carbonyl (C=O) groups is 1. The van der Waals surface area contributed by atoms with Gasteiger partial charge in [0.25, 0.3) is 6.47 Å². The lowest BCUT2D eigenvalue weighted by atomic mass is 10.1. The van der Waals surface area contributed by atoms with E-state index in [4.69, 9.17) is 16.3 Å². The van der Waals surface area contributed by atoms with E-state index >= 15 is 0 Å². The zero-order valence-electron chi connectivity index (χ0n) is 12.8. The average Bonchev–Trinajstić information content (AvgIpc) is 2.42. The number of nitrogens with zero attached hydrogens (tertiary/aromatic N) is 1. The fourth-order valence-electron chi connectivity index (χ4n) is 1.66. The number of hydrogen-bond donors (Lipinski definition) is 1. The van der Waals surface area contributed by atoms with E-state index < -0.39 is 0 Å². The van der Waals surface area contributed by atoms with Crippen LogP contribution in [0.4, 0.5) is 0 Å². The maximum atomic E-state index is 9.60. The molecule has 0 spiro atoms. The Hall–Kier alpha value is -1.33. The van der Waals surface area contributed by atoms with Gasteiger partial charge in [0, 0.05) is 12.3 Å². The molecular formula is C15H23ClN2O3. The first-order valence-electron chi connectivity index (χ1n) is 7.01. The van der Waals surface area contributed by atoms with Crippen molar-refractivity contribution in [3.63, 3.8) is 0 Å². The second-order valence-electron chi connectivity index (χ2n) is 5.71. The van der Waals surface area contributed by atoms with Crippen molar-refractivity contribution in [3.05, 3.63) is 23.4 Å². The van der Waals surface area contributed by atoms with Crippen molar-refractivity contribution in [3.8, 4) is 5.88 Å². The average molecular weight is 315 g/mol. The molecule has 2 heterocycles. The van der Waals surface area contributed by atoms with Gasteiger partial charge in [0.2, 0.25) is 5.88 Å². The molecule has 21 heavy (non-hydrogen) atoms. The summed E-state index contributed by atoms with van der Waals surface area (Å²) in [7, 11) is 0. The summed E-state index contributed by atoms with van der Waals surface area (Å²) < 4.78 is 10.2. The van der Waals surface area contributed by atoms with Crippen LogP contribution in [0.15, 0.2) is 18.3 Å². The summed E-state index contributed by atoms with van der Waals surface area (Å²) in [5, 5.41) is 3.93. The zero-order valence-corrected chi connectivity index (χ0v) is 13.5. The first-order valence-corrected chi connectivity index (χ1v) is 7.39. The summed E-state index contributed by atoms with van der Waals surface area (Å²) in [6.07, 6.45) is 4.00. The van der Waals surface area contributed by atoms with Crippen LogP contribution in [0.25, 0.3) is 0 Å². The van der Waals surface area contributed by atoms with Crippen LogP contribution in [-0.4, -0.2) is 36.3 Å². The van der Waals surface area contributed by atoms with Crippen LogP contribution in [0.3, 0.4) is 0 Å². The summed E-state index contributed by atoms with van der Waals surface area (Å²) >= 11 is 5.73. The number of carbonyl (C=O) groups excluding carboxylic acids is 1. The number of pyridine rings is 1. The number of halogens is 1. The van der Waals surface area contributed by atoms with Crippen molar-refractivity contribution in [2.24, 2.45) is 0 Å². The standard InChI is InChI=1S/C10H13ClN2O.C5H10O2/c11-8-1-2-10(13-7-8)14-9-3-5-12-6-4-9;1-5(2,3)7-4-6/h1-2,7,9,12H,3-6H2;4H,1-3H3. The fourth-order valence-corrected chi connectivity index (χ4v) is 1.77. The first kappa shape index (κ1) is 17.7. The van der Waals surface area contributed by atoms with Gasteiger partial charge in [-0.1, -0.05) is 11.6 Å². The van der Waals surface area contributed by atoms with E-state index in [0.29, 0.717) is 23.5 Å². The van der Waals surface area contributed by atoms with Crippen LogP contribution in [0.5, 0.6) is 5.88 Å². The quantitative estimate of drug-likeness (QED) is 0.869. The summed E-state index contributed by atoms with van der Waals surface area (Å²) in [5.41, 5.74) is -0.318. The molecule has 0 saturated carbocycles. The lowest BCUT2D eigenvalue weighted by Gasteiger charge is -2.23. The molecule has 5 nitrogen and oxygen atoms in total.